The van der Waals surface area contributed by atoms with E-state index >= 15 is 0 Å². The molecule has 0 amide bonds. The van der Waals surface area contributed by atoms with Gasteiger partial charge in [0, 0.05) is 23.9 Å². The number of hydrogen-bond donors (Lipinski definition) is 3. The molecule has 4 N–H and O–H groups in total. The molecule has 1 aliphatic heterocycles. The Bertz CT molecular complexity index is 181. The zero-order valence-corrected chi connectivity index (χ0v) is 10.6. The molecule has 3 atom stereocenters. The maximum absolute atomic E-state index is 9.33. The topological polar surface area (TPSA) is 58.3 Å². The highest BCUT2D eigenvalue weighted by Crippen LogP contribution is 2.26. The third-order valence-corrected chi connectivity index (χ3v) is 4.29. The summed E-state index contributed by atoms with van der Waals surface area (Å²) < 4.78 is 0. The summed E-state index contributed by atoms with van der Waals surface area (Å²) in [5.41, 5.74) is 5.99. The minimum Gasteiger partial charge on any atom is -0.393 e. The van der Waals surface area contributed by atoms with Gasteiger partial charge in [0.2, 0.25) is 0 Å². The van der Waals surface area contributed by atoms with Crippen molar-refractivity contribution < 1.29 is 5.11 Å². The van der Waals surface area contributed by atoms with Crippen molar-refractivity contribution in [3.05, 3.63) is 0 Å². The van der Waals surface area contributed by atoms with Crippen molar-refractivity contribution in [3.8, 4) is 0 Å². The van der Waals surface area contributed by atoms with Crippen LogP contribution in [0.2, 0.25) is 0 Å². The molecular weight excluding hydrogens is 208 g/mol. The Morgan fingerprint density at radius 3 is 2.73 bits per heavy atom. The van der Waals surface area contributed by atoms with Crippen molar-refractivity contribution in [3.63, 3.8) is 0 Å². The summed E-state index contributed by atoms with van der Waals surface area (Å²) in [6, 6.07) is 0.340. The van der Waals surface area contributed by atoms with E-state index in [-0.39, 0.29) is 11.6 Å². The lowest BCUT2D eigenvalue weighted by atomic mass is 9.93. The summed E-state index contributed by atoms with van der Waals surface area (Å²) in [5, 5.41) is 12.9. The van der Waals surface area contributed by atoms with Crippen molar-refractivity contribution >= 4 is 11.8 Å². The number of nitrogens with one attached hydrogen (secondary N) is 1. The summed E-state index contributed by atoms with van der Waals surface area (Å²) >= 11 is 1.98. The molecule has 1 fully saturated rings. The lowest BCUT2D eigenvalue weighted by Gasteiger charge is -2.39. The van der Waals surface area contributed by atoms with E-state index in [4.69, 9.17) is 5.73 Å². The number of thioether (sulfide) groups is 1. The minimum atomic E-state index is -0.237. The van der Waals surface area contributed by atoms with Crippen LogP contribution in [0.3, 0.4) is 0 Å². The molecule has 3 unspecified atom stereocenters. The van der Waals surface area contributed by atoms with Crippen LogP contribution in [-0.4, -0.2) is 40.8 Å². The molecule has 1 heterocycles. The molecule has 0 aromatic rings. The van der Waals surface area contributed by atoms with Gasteiger partial charge in [0.15, 0.2) is 0 Å². The highest BCUT2D eigenvalue weighted by atomic mass is 32.2. The van der Waals surface area contributed by atoms with E-state index in [1.165, 1.54) is 18.6 Å². The highest BCUT2D eigenvalue weighted by molar-refractivity contribution is 7.99. The van der Waals surface area contributed by atoms with Crippen LogP contribution in [0.15, 0.2) is 0 Å². The predicted octanol–water partition coefficient (Wildman–Crippen LogP) is 0.960. The monoisotopic (exact) mass is 232 g/mol. The molecule has 0 saturated carbocycles. The summed E-state index contributed by atoms with van der Waals surface area (Å²) in [6.45, 7) is 4.66. The van der Waals surface area contributed by atoms with Gasteiger partial charge in [-0.25, -0.2) is 0 Å². The molecule has 1 rings (SSSR count). The van der Waals surface area contributed by atoms with Gasteiger partial charge >= 0.3 is 0 Å². The van der Waals surface area contributed by atoms with Crippen LogP contribution in [-0.2, 0) is 0 Å². The molecule has 0 aromatic carbocycles. The Morgan fingerprint density at radius 2 is 2.27 bits per heavy atom. The lowest BCUT2D eigenvalue weighted by Crippen LogP contribution is -2.58. The maximum Gasteiger partial charge on any atom is 0.0526 e. The SMILES string of the molecule is CC(O)CC(C)NC1(CN)CCCSC1. The Hall–Kier alpha value is 0.230. The van der Waals surface area contributed by atoms with E-state index in [2.05, 4.69) is 12.2 Å². The van der Waals surface area contributed by atoms with Crippen molar-refractivity contribution in [2.75, 3.05) is 18.1 Å². The second-order valence-corrected chi connectivity index (χ2v) is 5.88. The Balaban J connectivity index is 2.43. The minimum absolute atomic E-state index is 0.108. The van der Waals surface area contributed by atoms with Crippen LogP contribution < -0.4 is 11.1 Å². The van der Waals surface area contributed by atoms with Gasteiger partial charge < -0.3 is 16.2 Å². The van der Waals surface area contributed by atoms with Gasteiger partial charge in [-0.2, -0.15) is 11.8 Å². The molecule has 4 heteroatoms. The first kappa shape index (κ1) is 13.3. The van der Waals surface area contributed by atoms with Crippen molar-refractivity contribution in [1.82, 2.24) is 5.32 Å². The molecule has 1 saturated heterocycles. The summed E-state index contributed by atoms with van der Waals surface area (Å²) in [5.74, 6) is 2.36. The number of aliphatic hydroxyl groups excluding tert-OH is 1. The van der Waals surface area contributed by atoms with Crippen LogP contribution in [0.4, 0.5) is 0 Å². The average molecular weight is 232 g/mol. The fourth-order valence-corrected chi connectivity index (χ4v) is 3.51. The van der Waals surface area contributed by atoms with E-state index in [9.17, 15) is 5.11 Å². The first-order valence-electron chi connectivity index (χ1n) is 5.81. The largest absolute Gasteiger partial charge is 0.393 e. The van der Waals surface area contributed by atoms with Crippen LogP contribution in [0.5, 0.6) is 0 Å². The van der Waals surface area contributed by atoms with Crippen LogP contribution >= 0.6 is 11.8 Å². The molecule has 90 valence electrons. The first-order chi connectivity index (χ1) is 7.08. The third-order valence-electron chi connectivity index (χ3n) is 2.96. The quantitative estimate of drug-likeness (QED) is 0.661. The molecule has 0 aromatic heterocycles. The van der Waals surface area contributed by atoms with Gasteiger partial charge in [0.05, 0.1) is 6.10 Å². The zero-order valence-electron chi connectivity index (χ0n) is 9.83. The fourth-order valence-electron chi connectivity index (χ4n) is 2.28. The smallest absolute Gasteiger partial charge is 0.0526 e. The number of hydrogen-bond acceptors (Lipinski definition) is 4. The zero-order chi connectivity index (χ0) is 11.3. The normalized spacial score (nSPS) is 31.2. The Kier molecular flexibility index (Phi) is 5.39. The van der Waals surface area contributed by atoms with Crippen LogP contribution in [0.25, 0.3) is 0 Å². The lowest BCUT2D eigenvalue weighted by molar-refractivity contribution is 0.159. The second kappa shape index (κ2) is 6.09. The molecular formula is C11H24N2OS. The molecule has 0 spiro atoms. The predicted molar refractivity (Wildman–Crippen MR) is 67.2 cm³/mol. The van der Waals surface area contributed by atoms with Crippen molar-refractivity contribution in [2.24, 2.45) is 5.73 Å². The first-order valence-corrected chi connectivity index (χ1v) is 6.97. The van der Waals surface area contributed by atoms with E-state index in [1.54, 1.807) is 0 Å². The second-order valence-electron chi connectivity index (χ2n) is 4.77. The number of aliphatic hydroxyl groups is 1. The maximum atomic E-state index is 9.33. The molecule has 1 aliphatic rings. The summed E-state index contributed by atoms with van der Waals surface area (Å²) in [6.07, 6.45) is 2.97. The standard InChI is InChI=1S/C11H24N2OS/c1-9(6-10(2)14)13-11(7-12)4-3-5-15-8-11/h9-10,13-14H,3-8,12H2,1-2H3. The highest BCUT2D eigenvalue weighted by Gasteiger charge is 2.32. The third kappa shape index (κ3) is 4.31. The molecule has 0 aliphatic carbocycles. The van der Waals surface area contributed by atoms with E-state index in [1.807, 2.05) is 18.7 Å². The van der Waals surface area contributed by atoms with Crippen molar-refractivity contribution in [1.29, 1.82) is 0 Å². The average Bonchev–Trinajstić information content (AvgIpc) is 2.17. The van der Waals surface area contributed by atoms with Gasteiger partial charge in [-0.3, -0.25) is 0 Å². The van der Waals surface area contributed by atoms with Gasteiger partial charge in [0.1, 0.15) is 0 Å². The van der Waals surface area contributed by atoms with E-state index in [0.29, 0.717) is 12.6 Å². The fraction of sp³-hybridized carbons (Fsp3) is 1.00. The van der Waals surface area contributed by atoms with Gasteiger partial charge in [0.25, 0.3) is 0 Å². The van der Waals surface area contributed by atoms with Gasteiger partial charge in [-0.15, -0.1) is 0 Å². The van der Waals surface area contributed by atoms with Crippen LogP contribution in [0, 0.1) is 0 Å². The van der Waals surface area contributed by atoms with E-state index in [0.717, 1.165) is 12.2 Å². The Labute approximate surface area is 97.2 Å². The summed E-state index contributed by atoms with van der Waals surface area (Å²) in [4.78, 5) is 0. The Morgan fingerprint density at radius 1 is 1.53 bits per heavy atom. The van der Waals surface area contributed by atoms with Gasteiger partial charge in [-0.1, -0.05) is 0 Å². The van der Waals surface area contributed by atoms with E-state index < -0.39 is 0 Å². The number of nitrogens with two attached hydrogens (primary N) is 1. The molecule has 3 nitrogen and oxygen atoms in total. The van der Waals surface area contributed by atoms with Crippen LogP contribution in [0.1, 0.15) is 33.1 Å². The molecule has 0 bridgehead atoms. The molecule has 0 radical (unpaired) electrons. The number of rotatable bonds is 5. The van der Waals surface area contributed by atoms with Gasteiger partial charge in [-0.05, 0) is 38.9 Å². The summed E-state index contributed by atoms with van der Waals surface area (Å²) in [7, 11) is 0. The van der Waals surface area contributed by atoms with Crippen molar-refractivity contribution in [2.45, 2.75) is 50.8 Å². The molecule has 15 heavy (non-hydrogen) atoms.